The number of hydrogen-bond acceptors (Lipinski definition) is 2. The van der Waals surface area contributed by atoms with Crippen LogP contribution in [0.5, 0.6) is 0 Å². The molecule has 1 fully saturated rings. The third-order valence-corrected chi connectivity index (χ3v) is 3.49. The van der Waals surface area contributed by atoms with Crippen LogP contribution in [0.4, 0.5) is 4.79 Å². The topological polar surface area (TPSA) is 69.6 Å². The van der Waals surface area contributed by atoms with Crippen molar-refractivity contribution >= 4 is 12.0 Å². The first-order chi connectivity index (χ1) is 8.41. The molecule has 2 N–H and O–H groups in total. The summed E-state index contributed by atoms with van der Waals surface area (Å²) in [5, 5.41) is 12.1. The van der Waals surface area contributed by atoms with Gasteiger partial charge in [0.05, 0.1) is 0 Å². The highest BCUT2D eigenvalue weighted by Gasteiger charge is 2.44. The van der Waals surface area contributed by atoms with Crippen LogP contribution in [0.1, 0.15) is 39.5 Å². The number of nitrogens with one attached hydrogen (secondary N) is 1. The Balaban J connectivity index is 2.75. The minimum Gasteiger partial charge on any atom is -0.480 e. The lowest BCUT2D eigenvalue weighted by Gasteiger charge is -2.41. The van der Waals surface area contributed by atoms with E-state index in [0.29, 0.717) is 19.4 Å². The molecule has 2 atom stereocenters. The molecular formula is C13H22N2O3. The predicted octanol–water partition coefficient (Wildman–Crippen LogP) is 1.99. The van der Waals surface area contributed by atoms with Crippen molar-refractivity contribution in [3.05, 3.63) is 12.7 Å². The van der Waals surface area contributed by atoms with Gasteiger partial charge in [0.1, 0.15) is 5.54 Å². The van der Waals surface area contributed by atoms with E-state index in [1.807, 2.05) is 6.92 Å². The van der Waals surface area contributed by atoms with Gasteiger partial charge in [0.25, 0.3) is 0 Å². The second kappa shape index (κ2) is 5.89. The molecule has 0 bridgehead atoms. The maximum atomic E-state index is 12.1. The minimum atomic E-state index is -1.09. The number of rotatable bonds is 4. The van der Waals surface area contributed by atoms with E-state index in [1.54, 1.807) is 13.0 Å². The van der Waals surface area contributed by atoms with E-state index in [0.717, 1.165) is 12.8 Å². The SMILES string of the molecule is C=CCC(C)NC(=O)N1CCCCC1(C)C(=O)O. The van der Waals surface area contributed by atoms with Gasteiger partial charge in [0.2, 0.25) is 0 Å². The summed E-state index contributed by atoms with van der Waals surface area (Å²) in [4.78, 5) is 24.9. The summed E-state index contributed by atoms with van der Waals surface area (Å²) in [6, 6.07) is -0.330. The summed E-state index contributed by atoms with van der Waals surface area (Å²) >= 11 is 0. The molecule has 0 saturated carbocycles. The van der Waals surface area contributed by atoms with Crippen LogP contribution in [0.15, 0.2) is 12.7 Å². The zero-order valence-corrected chi connectivity index (χ0v) is 11.1. The zero-order chi connectivity index (χ0) is 13.8. The van der Waals surface area contributed by atoms with E-state index in [1.165, 1.54) is 4.90 Å². The molecule has 1 aliphatic rings. The van der Waals surface area contributed by atoms with Gasteiger partial charge in [-0.3, -0.25) is 0 Å². The van der Waals surface area contributed by atoms with Gasteiger partial charge in [0, 0.05) is 12.6 Å². The third-order valence-electron chi connectivity index (χ3n) is 3.49. The van der Waals surface area contributed by atoms with Crippen molar-refractivity contribution in [3.63, 3.8) is 0 Å². The van der Waals surface area contributed by atoms with Crippen LogP contribution in [0.3, 0.4) is 0 Å². The van der Waals surface area contributed by atoms with Crippen molar-refractivity contribution in [2.75, 3.05) is 6.54 Å². The van der Waals surface area contributed by atoms with E-state index >= 15 is 0 Å². The number of aliphatic carboxylic acids is 1. The van der Waals surface area contributed by atoms with Crippen molar-refractivity contribution in [2.24, 2.45) is 0 Å². The van der Waals surface area contributed by atoms with Gasteiger partial charge in [-0.05, 0) is 39.5 Å². The molecule has 102 valence electrons. The summed E-state index contributed by atoms with van der Waals surface area (Å²) in [5.41, 5.74) is -1.09. The van der Waals surface area contributed by atoms with Crippen LogP contribution >= 0.6 is 0 Å². The highest BCUT2D eigenvalue weighted by molar-refractivity contribution is 5.86. The van der Waals surface area contributed by atoms with Gasteiger partial charge >= 0.3 is 12.0 Å². The maximum absolute atomic E-state index is 12.1. The Morgan fingerprint density at radius 3 is 2.78 bits per heavy atom. The van der Waals surface area contributed by atoms with Crippen molar-refractivity contribution < 1.29 is 14.7 Å². The number of piperidine rings is 1. The number of amides is 2. The number of likely N-dealkylation sites (tertiary alicyclic amines) is 1. The van der Waals surface area contributed by atoms with Gasteiger partial charge in [-0.1, -0.05) is 6.08 Å². The Morgan fingerprint density at radius 2 is 2.22 bits per heavy atom. The van der Waals surface area contributed by atoms with Gasteiger partial charge in [-0.15, -0.1) is 6.58 Å². The van der Waals surface area contributed by atoms with E-state index < -0.39 is 11.5 Å². The second-order valence-corrected chi connectivity index (χ2v) is 5.06. The molecule has 0 aromatic carbocycles. The number of carboxylic acids is 1. The van der Waals surface area contributed by atoms with Crippen LogP contribution in [-0.4, -0.2) is 40.1 Å². The van der Waals surface area contributed by atoms with E-state index in [4.69, 9.17) is 0 Å². The van der Waals surface area contributed by atoms with Crippen LogP contribution in [0.25, 0.3) is 0 Å². The Labute approximate surface area is 108 Å². The molecule has 0 spiro atoms. The van der Waals surface area contributed by atoms with Crippen LogP contribution in [0, 0.1) is 0 Å². The van der Waals surface area contributed by atoms with Crippen molar-refractivity contribution in [1.82, 2.24) is 10.2 Å². The first-order valence-electron chi connectivity index (χ1n) is 6.34. The van der Waals surface area contributed by atoms with Crippen LogP contribution in [0.2, 0.25) is 0 Å². The van der Waals surface area contributed by atoms with E-state index in [-0.39, 0.29) is 12.1 Å². The van der Waals surface area contributed by atoms with Crippen molar-refractivity contribution in [1.29, 1.82) is 0 Å². The lowest BCUT2D eigenvalue weighted by Crippen LogP contribution is -2.60. The molecule has 1 rings (SSSR count). The average Bonchev–Trinajstić information content (AvgIpc) is 2.29. The molecule has 18 heavy (non-hydrogen) atoms. The molecule has 5 heteroatoms. The fraction of sp³-hybridized carbons (Fsp3) is 0.692. The van der Waals surface area contributed by atoms with Gasteiger partial charge in [-0.2, -0.15) is 0 Å². The molecule has 0 aliphatic carbocycles. The Kier molecular flexibility index (Phi) is 4.76. The summed E-state index contributed by atoms with van der Waals surface area (Å²) in [7, 11) is 0. The summed E-state index contributed by atoms with van der Waals surface area (Å²) in [5.74, 6) is -0.936. The number of carboxylic acid groups (broad SMARTS) is 1. The summed E-state index contributed by atoms with van der Waals surface area (Å²) in [6.07, 6.45) is 4.60. The summed E-state index contributed by atoms with van der Waals surface area (Å²) in [6.45, 7) is 7.61. The van der Waals surface area contributed by atoms with Gasteiger partial charge in [-0.25, -0.2) is 9.59 Å². The number of nitrogens with zero attached hydrogens (tertiary/aromatic N) is 1. The molecule has 1 aliphatic heterocycles. The molecule has 0 aromatic rings. The maximum Gasteiger partial charge on any atom is 0.329 e. The first-order valence-corrected chi connectivity index (χ1v) is 6.34. The highest BCUT2D eigenvalue weighted by atomic mass is 16.4. The number of carbonyl (C=O) groups is 2. The summed E-state index contributed by atoms with van der Waals surface area (Å²) < 4.78 is 0. The fourth-order valence-electron chi connectivity index (χ4n) is 2.27. The zero-order valence-electron chi connectivity index (χ0n) is 11.1. The fourth-order valence-corrected chi connectivity index (χ4v) is 2.27. The molecule has 1 heterocycles. The molecular weight excluding hydrogens is 232 g/mol. The third kappa shape index (κ3) is 3.03. The Morgan fingerprint density at radius 1 is 1.56 bits per heavy atom. The minimum absolute atomic E-state index is 0.0324. The monoisotopic (exact) mass is 254 g/mol. The van der Waals surface area contributed by atoms with Crippen LogP contribution < -0.4 is 5.32 Å². The van der Waals surface area contributed by atoms with E-state index in [2.05, 4.69) is 11.9 Å². The molecule has 2 unspecified atom stereocenters. The van der Waals surface area contributed by atoms with Gasteiger partial charge < -0.3 is 15.3 Å². The molecule has 0 aromatic heterocycles. The van der Waals surface area contributed by atoms with Gasteiger partial charge in [0.15, 0.2) is 0 Å². The molecule has 1 saturated heterocycles. The normalized spacial score (nSPS) is 25.3. The quantitative estimate of drug-likeness (QED) is 0.754. The first kappa shape index (κ1) is 14.5. The molecule has 2 amide bonds. The number of carbonyl (C=O) groups excluding carboxylic acids is 1. The molecule has 0 radical (unpaired) electrons. The predicted molar refractivity (Wildman–Crippen MR) is 69.4 cm³/mol. The van der Waals surface area contributed by atoms with Crippen molar-refractivity contribution in [3.8, 4) is 0 Å². The second-order valence-electron chi connectivity index (χ2n) is 5.06. The lowest BCUT2D eigenvalue weighted by atomic mass is 9.89. The Hall–Kier alpha value is -1.52. The Bertz CT molecular complexity index is 343. The van der Waals surface area contributed by atoms with E-state index in [9.17, 15) is 14.7 Å². The van der Waals surface area contributed by atoms with Crippen LogP contribution in [-0.2, 0) is 4.79 Å². The van der Waals surface area contributed by atoms with Crippen molar-refractivity contribution in [2.45, 2.75) is 51.1 Å². The largest absolute Gasteiger partial charge is 0.480 e. The average molecular weight is 254 g/mol. The highest BCUT2D eigenvalue weighted by Crippen LogP contribution is 2.28. The number of hydrogen-bond donors (Lipinski definition) is 2. The smallest absolute Gasteiger partial charge is 0.329 e. The lowest BCUT2D eigenvalue weighted by molar-refractivity contribution is -0.150. The standard InChI is InChI=1S/C13H22N2O3/c1-4-7-10(2)14-12(18)15-9-6-5-8-13(15,3)11(16)17/h4,10H,1,5-9H2,2-3H3,(H,14,18)(H,16,17). The number of urea groups is 1. The molecule has 5 nitrogen and oxygen atoms in total.